The number of nitrogen functional groups attached to an aromatic ring is 1. The van der Waals surface area contributed by atoms with Gasteiger partial charge in [0.15, 0.2) is 0 Å². The lowest BCUT2D eigenvalue weighted by Crippen LogP contribution is -2.10. The molecule has 0 aliphatic carbocycles. The Morgan fingerprint density at radius 1 is 1.04 bits per heavy atom. The largest absolute Gasteiger partial charge is 0.399 e. The monoisotopic (exact) mass is 330 g/mol. The second-order valence-corrected chi connectivity index (χ2v) is 5.88. The highest BCUT2D eigenvalue weighted by molar-refractivity contribution is 5.80. The molecule has 2 heterocycles. The van der Waals surface area contributed by atoms with Crippen molar-refractivity contribution in [2.45, 2.75) is 13.0 Å². The smallest absolute Gasteiger partial charge is 0.225 e. The van der Waals surface area contributed by atoms with Gasteiger partial charge in [0.2, 0.25) is 5.95 Å². The maximum atomic E-state index is 5.82. The first-order chi connectivity index (χ1) is 12.2. The van der Waals surface area contributed by atoms with E-state index in [4.69, 9.17) is 5.73 Å². The molecule has 2 aromatic heterocycles. The number of hydrogen-bond acceptors (Lipinski definition) is 5. The quantitative estimate of drug-likeness (QED) is 0.559. The fourth-order valence-corrected chi connectivity index (χ4v) is 2.78. The minimum absolute atomic E-state index is 0.107. The van der Waals surface area contributed by atoms with E-state index in [1.165, 1.54) is 5.56 Å². The molecule has 6 nitrogen and oxygen atoms in total. The van der Waals surface area contributed by atoms with E-state index in [-0.39, 0.29) is 6.04 Å². The minimum Gasteiger partial charge on any atom is -0.399 e. The average Bonchev–Trinajstić information content (AvgIpc) is 3.05. The molecule has 124 valence electrons. The first-order valence-electron chi connectivity index (χ1n) is 8.08. The molecule has 0 saturated carbocycles. The van der Waals surface area contributed by atoms with Crippen LogP contribution in [0, 0.1) is 0 Å². The number of benzene rings is 2. The Hall–Kier alpha value is -3.41. The third-order valence-electron chi connectivity index (χ3n) is 4.10. The standard InChI is InChI=1S/C19H18N6/c1-13(14-5-3-2-4-6-14)23-19-21-10-9-18(24-19)25-12-22-16-11-15(20)7-8-17(16)25/h2-13H,20H2,1H3,(H,21,23,24)/t13-/m0/s1. The number of aromatic nitrogens is 4. The highest BCUT2D eigenvalue weighted by Gasteiger charge is 2.10. The van der Waals surface area contributed by atoms with Crippen molar-refractivity contribution >= 4 is 22.7 Å². The Balaban J connectivity index is 1.65. The maximum absolute atomic E-state index is 5.82. The van der Waals surface area contributed by atoms with E-state index in [0.717, 1.165) is 16.9 Å². The van der Waals surface area contributed by atoms with Gasteiger partial charge in [-0.1, -0.05) is 30.3 Å². The SMILES string of the molecule is C[C@H](Nc1nccc(-n2cnc3cc(N)ccc32)n1)c1ccccc1. The Kier molecular flexibility index (Phi) is 3.78. The van der Waals surface area contributed by atoms with Crippen LogP contribution in [0.1, 0.15) is 18.5 Å². The molecule has 4 rings (SSSR count). The van der Waals surface area contributed by atoms with Crippen LogP contribution < -0.4 is 11.1 Å². The van der Waals surface area contributed by atoms with Crippen LogP contribution in [0.3, 0.4) is 0 Å². The summed E-state index contributed by atoms with van der Waals surface area (Å²) in [7, 11) is 0. The van der Waals surface area contributed by atoms with Crippen LogP contribution in [0.2, 0.25) is 0 Å². The molecule has 0 bridgehead atoms. The van der Waals surface area contributed by atoms with E-state index in [2.05, 4.69) is 39.3 Å². The molecule has 0 fully saturated rings. The minimum atomic E-state index is 0.107. The lowest BCUT2D eigenvalue weighted by atomic mass is 10.1. The molecule has 0 saturated heterocycles. The summed E-state index contributed by atoms with van der Waals surface area (Å²) < 4.78 is 1.93. The molecule has 0 aliphatic heterocycles. The van der Waals surface area contributed by atoms with Crippen LogP contribution in [-0.2, 0) is 0 Å². The first-order valence-corrected chi connectivity index (χ1v) is 8.08. The number of rotatable bonds is 4. The summed E-state index contributed by atoms with van der Waals surface area (Å²) in [6, 6.07) is 17.8. The number of fused-ring (bicyclic) bond motifs is 1. The van der Waals surface area contributed by atoms with Crippen LogP contribution in [-0.4, -0.2) is 19.5 Å². The lowest BCUT2D eigenvalue weighted by Gasteiger charge is -2.14. The first kappa shape index (κ1) is 15.1. The van der Waals surface area contributed by atoms with Crippen molar-refractivity contribution in [2.75, 3.05) is 11.1 Å². The summed E-state index contributed by atoms with van der Waals surface area (Å²) in [6.07, 6.45) is 3.49. The predicted octanol–water partition coefficient (Wildman–Crippen LogP) is 3.57. The van der Waals surface area contributed by atoms with Gasteiger partial charge >= 0.3 is 0 Å². The molecular weight excluding hydrogens is 312 g/mol. The van der Waals surface area contributed by atoms with Crippen LogP contribution in [0.15, 0.2) is 67.1 Å². The number of anilines is 2. The van der Waals surface area contributed by atoms with Gasteiger partial charge in [-0.15, -0.1) is 0 Å². The number of hydrogen-bond donors (Lipinski definition) is 2. The summed E-state index contributed by atoms with van der Waals surface area (Å²) in [6.45, 7) is 2.08. The molecule has 1 atom stereocenters. The van der Waals surface area contributed by atoms with Gasteiger partial charge in [-0.25, -0.2) is 9.97 Å². The molecular formula is C19H18N6. The molecule has 0 aliphatic rings. The molecule has 2 aromatic carbocycles. The molecule has 6 heteroatoms. The number of nitrogens with one attached hydrogen (secondary N) is 1. The van der Waals surface area contributed by atoms with Crippen LogP contribution in [0.25, 0.3) is 16.9 Å². The van der Waals surface area contributed by atoms with E-state index >= 15 is 0 Å². The Morgan fingerprint density at radius 2 is 1.88 bits per heavy atom. The zero-order chi connectivity index (χ0) is 17.2. The number of nitrogens with two attached hydrogens (primary N) is 1. The highest BCUT2D eigenvalue weighted by Crippen LogP contribution is 2.21. The zero-order valence-electron chi connectivity index (χ0n) is 13.8. The molecule has 0 unspecified atom stereocenters. The number of imidazole rings is 1. The van der Waals surface area contributed by atoms with Crippen molar-refractivity contribution in [1.82, 2.24) is 19.5 Å². The lowest BCUT2D eigenvalue weighted by molar-refractivity contribution is 0.854. The van der Waals surface area contributed by atoms with Crippen molar-refractivity contribution in [3.8, 4) is 5.82 Å². The fourth-order valence-electron chi connectivity index (χ4n) is 2.78. The molecule has 4 aromatic rings. The van der Waals surface area contributed by atoms with E-state index in [0.29, 0.717) is 11.6 Å². The van der Waals surface area contributed by atoms with Gasteiger partial charge in [-0.2, -0.15) is 4.98 Å². The van der Waals surface area contributed by atoms with Crippen LogP contribution >= 0.6 is 0 Å². The van der Waals surface area contributed by atoms with Gasteiger partial charge in [0.05, 0.1) is 17.1 Å². The summed E-state index contributed by atoms with van der Waals surface area (Å²) in [5.41, 5.74) is 9.49. The van der Waals surface area contributed by atoms with Gasteiger partial charge < -0.3 is 11.1 Å². The Morgan fingerprint density at radius 3 is 2.72 bits per heavy atom. The van der Waals surface area contributed by atoms with Gasteiger partial charge in [0.25, 0.3) is 0 Å². The molecule has 3 N–H and O–H groups in total. The Bertz CT molecular complexity index is 1010. The van der Waals surface area contributed by atoms with E-state index in [1.807, 2.05) is 47.0 Å². The van der Waals surface area contributed by atoms with Gasteiger partial charge in [-0.05, 0) is 36.8 Å². The summed E-state index contributed by atoms with van der Waals surface area (Å²) in [5.74, 6) is 1.33. The fraction of sp³-hybridized carbons (Fsp3) is 0.105. The second kappa shape index (κ2) is 6.24. The third-order valence-corrected chi connectivity index (χ3v) is 4.10. The molecule has 0 spiro atoms. The maximum Gasteiger partial charge on any atom is 0.225 e. The van der Waals surface area contributed by atoms with E-state index in [1.54, 1.807) is 12.5 Å². The Labute approximate surface area is 145 Å². The summed E-state index contributed by atoms with van der Waals surface area (Å²) in [4.78, 5) is 13.4. The molecule has 25 heavy (non-hydrogen) atoms. The van der Waals surface area contributed by atoms with Crippen molar-refractivity contribution in [3.05, 3.63) is 72.7 Å². The zero-order valence-corrected chi connectivity index (χ0v) is 13.8. The van der Waals surface area contributed by atoms with Gasteiger partial charge in [-0.3, -0.25) is 4.57 Å². The number of nitrogens with zero attached hydrogens (tertiary/aromatic N) is 4. The van der Waals surface area contributed by atoms with Crippen molar-refractivity contribution < 1.29 is 0 Å². The van der Waals surface area contributed by atoms with E-state index in [9.17, 15) is 0 Å². The normalized spacial score (nSPS) is 12.2. The third kappa shape index (κ3) is 3.01. The highest BCUT2D eigenvalue weighted by atomic mass is 15.2. The van der Waals surface area contributed by atoms with Crippen LogP contribution in [0.5, 0.6) is 0 Å². The van der Waals surface area contributed by atoms with Crippen molar-refractivity contribution in [3.63, 3.8) is 0 Å². The second-order valence-electron chi connectivity index (χ2n) is 5.88. The van der Waals surface area contributed by atoms with Crippen molar-refractivity contribution in [2.24, 2.45) is 0 Å². The predicted molar refractivity (Wildman–Crippen MR) is 99.6 cm³/mol. The molecule has 0 radical (unpaired) electrons. The van der Waals surface area contributed by atoms with E-state index < -0.39 is 0 Å². The van der Waals surface area contributed by atoms with Gasteiger partial charge in [0, 0.05) is 11.9 Å². The topological polar surface area (TPSA) is 81.7 Å². The summed E-state index contributed by atoms with van der Waals surface area (Å²) in [5, 5.41) is 3.34. The van der Waals surface area contributed by atoms with Crippen molar-refractivity contribution in [1.29, 1.82) is 0 Å². The van der Waals surface area contributed by atoms with Crippen LogP contribution in [0.4, 0.5) is 11.6 Å². The average molecular weight is 330 g/mol. The molecule has 0 amide bonds. The van der Waals surface area contributed by atoms with Gasteiger partial charge in [0.1, 0.15) is 12.1 Å². The summed E-state index contributed by atoms with van der Waals surface area (Å²) >= 11 is 0.